The Morgan fingerprint density at radius 3 is 2.83 bits per heavy atom. The van der Waals surface area contributed by atoms with Crippen LogP contribution >= 0.6 is 15.9 Å². The summed E-state index contributed by atoms with van der Waals surface area (Å²) in [5.74, 6) is -3.03. The second kappa shape index (κ2) is 5.77. The van der Waals surface area contributed by atoms with Gasteiger partial charge < -0.3 is 15.6 Å². The first-order chi connectivity index (χ1) is 10.9. The Kier molecular flexibility index (Phi) is 3.93. The quantitative estimate of drug-likeness (QED) is 0.855. The van der Waals surface area contributed by atoms with Crippen molar-refractivity contribution in [2.75, 3.05) is 5.32 Å². The van der Waals surface area contributed by atoms with Crippen molar-refractivity contribution in [3.8, 4) is 0 Å². The second-order valence-corrected chi connectivity index (χ2v) is 6.06. The van der Waals surface area contributed by atoms with Crippen LogP contribution in [0.2, 0.25) is 0 Å². The van der Waals surface area contributed by atoms with Crippen LogP contribution in [0.3, 0.4) is 0 Å². The van der Waals surface area contributed by atoms with Gasteiger partial charge in [0, 0.05) is 22.8 Å². The van der Waals surface area contributed by atoms with E-state index in [1.54, 1.807) is 6.07 Å². The van der Waals surface area contributed by atoms with Crippen LogP contribution in [0.1, 0.15) is 18.0 Å². The predicted octanol–water partition coefficient (Wildman–Crippen LogP) is 2.41. The molecule has 0 saturated carbocycles. The smallest absolute Gasteiger partial charge is 0.289 e. The summed E-state index contributed by atoms with van der Waals surface area (Å²) in [6.07, 6.45) is 0.316. The van der Waals surface area contributed by atoms with Crippen molar-refractivity contribution in [3.63, 3.8) is 0 Å². The van der Waals surface area contributed by atoms with Crippen molar-refractivity contribution >= 4 is 33.2 Å². The van der Waals surface area contributed by atoms with Crippen LogP contribution in [0.15, 0.2) is 27.5 Å². The number of primary amides is 1. The Bertz CT molecular complexity index is 867. The topological polar surface area (TPSA) is 77.1 Å². The SMILES string of the molecule is NC(=O)C1CCn2c1[c]c(Nc1ccc(Br)cc1F)c(F)c2=O. The number of hydrogen-bond donors (Lipinski definition) is 2. The molecule has 1 amide bonds. The molecular formula is C15H11BrF2N3O2. The molecule has 1 aromatic carbocycles. The highest BCUT2D eigenvalue weighted by molar-refractivity contribution is 9.10. The van der Waals surface area contributed by atoms with E-state index < -0.39 is 29.0 Å². The van der Waals surface area contributed by atoms with Gasteiger partial charge in [-0.05, 0) is 24.6 Å². The highest BCUT2D eigenvalue weighted by Crippen LogP contribution is 2.30. The standard InChI is InChI=1S/C15H11BrF2N3O2/c16-7-1-2-10(9(17)5-7)20-11-6-12-8(14(19)22)3-4-21(12)15(23)13(11)18/h1-2,5,8,20H,3-4H2,(H2,19,22). The molecule has 1 aliphatic heterocycles. The van der Waals surface area contributed by atoms with Gasteiger partial charge in [0.25, 0.3) is 5.56 Å². The molecule has 3 rings (SSSR count). The molecule has 23 heavy (non-hydrogen) atoms. The van der Waals surface area contributed by atoms with Crippen molar-refractivity contribution in [3.05, 3.63) is 56.4 Å². The third kappa shape index (κ3) is 2.74. The Labute approximate surface area is 138 Å². The van der Waals surface area contributed by atoms with Crippen LogP contribution in [0.25, 0.3) is 0 Å². The van der Waals surface area contributed by atoms with Crippen molar-refractivity contribution in [1.29, 1.82) is 0 Å². The van der Waals surface area contributed by atoms with Crippen LogP contribution in [0.5, 0.6) is 0 Å². The van der Waals surface area contributed by atoms with Crippen LogP contribution in [-0.2, 0) is 11.3 Å². The summed E-state index contributed by atoms with van der Waals surface area (Å²) in [4.78, 5) is 23.5. The van der Waals surface area contributed by atoms with E-state index in [0.29, 0.717) is 10.9 Å². The maximum Gasteiger partial charge on any atom is 0.289 e. The van der Waals surface area contributed by atoms with Gasteiger partial charge in [-0.15, -0.1) is 0 Å². The Balaban J connectivity index is 2.07. The largest absolute Gasteiger partial charge is 0.369 e. The van der Waals surface area contributed by atoms with Crippen molar-refractivity contribution in [2.24, 2.45) is 5.73 Å². The lowest BCUT2D eigenvalue weighted by Gasteiger charge is -2.12. The normalized spacial score (nSPS) is 16.2. The summed E-state index contributed by atoms with van der Waals surface area (Å²) in [6.45, 7) is 0.197. The number of nitrogens with two attached hydrogens (primary N) is 1. The number of halogens is 3. The minimum atomic E-state index is -1.08. The zero-order chi connectivity index (χ0) is 16.7. The maximum absolute atomic E-state index is 14.2. The number of nitrogens with zero attached hydrogens (tertiary/aromatic N) is 1. The third-order valence-electron chi connectivity index (χ3n) is 3.70. The first-order valence-corrected chi connectivity index (χ1v) is 7.54. The number of aromatic nitrogens is 1. The molecular weight excluding hydrogens is 372 g/mol. The third-order valence-corrected chi connectivity index (χ3v) is 4.20. The molecule has 3 N–H and O–H groups in total. The van der Waals surface area contributed by atoms with E-state index in [4.69, 9.17) is 5.73 Å². The summed E-state index contributed by atoms with van der Waals surface area (Å²) >= 11 is 3.12. The van der Waals surface area contributed by atoms with E-state index in [-0.39, 0.29) is 23.6 Å². The van der Waals surface area contributed by atoms with Gasteiger partial charge >= 0.3 is 0 Å². The maximum atomic E-state index is 14.2. The molecule has 2 heterocycles. The number of amides is 1. The van der Waals surface area contributed by atoms with Gasteiger partial charge in [0.15, 0.2) is 0 Å². The summed E-state index contributed by atoms with van der Waals surface area (Å²) in [6, 6.07) is 6.81. The highest BCUT2D eigenvalue weighted by Gasteiger charge is 2.30. The highest BCUT2D eigenvalue weighted by atomic mass is 79.9. The van der Waals surface area contributed by atoms with Gasteiger partial charge in [-0.1, -0.05) is 15.9 Å². The molecule has 1 aliphatic rings. The number of carbonyl (C=O) groups excluding carboxylic acids is 1. The number of anilines is 2. The molecule has 1 unspecified atom stereocenters. The van der Waals surface area contributed by atoms with E-state index in [1.807, 2.05) is 0 Å². The lowest BCUT2D eigenvalue weighted by atomic mass is 10.0. The zero-order valence-corrected chi connectivity index (χ0v) is 13.3. The lowest BCUT2D eigenvalue weighted by molar-refractivity contribution is -0.119. The van der Waals surface area contributed by atoms with Crippen LogP contribution in [-0.4, -0.2) is 10.5 Å². The number of rotatable bonds is 3. The molecule has 8 heteroatoms. The van der Waals surface area contributed by atoms with Crippen LogP contribution < -0.4 is 16.6 Å². The van der Waals surface area contributed by atoms with Gasteiger partial charge in [-0.25, -0.2) is 4.39 Å². The number of fused-ring (bicyclic) bond motifs is 1. The van der Waals surface area contributed by atoms with E-state index in [0.717, 1.165) is 4.57 Å². The zero-order valence-electron chi connectivity index (χ0n) is 11.7. The van der Waals surface area contributed by atoms with Crippen molar-refractivity contribution in [2.45, 2.75) is 18.9 Å². The van der Waals surface area contributed by atoms with Crippen molar-refractivity contribution < 1.29 is 13.6 Å². The molecule has 5 nitrogen and oxygen atoms in total. The number of nitrogens with one attached hydrogen (secondary N) is 1. The molecule has 0 spiro atoms. The van der Waals surface area contributed by atoms with Crippen LogP contribution in [0, 0.1) is 17.7 Å². The molecule has 0 fully saturated rings. The van der Waals surface area contributed by atoms with Gasteiger partial charge in [-0.2, -0.15) is 4.39 Å². The Morgan fingerprint density at radius 2 is 2.17 bits per heavy atom. The summed E-state index contributed by atoms with van der Waals surface area (Å²) in [5.41, 5.74) is 4.29. The molecule has 0 saturated heterocycles. The monoisotopic (exact) mass is 382 g/mol. The number of carbonyl (C=O) groups is 1. The number of pyridine rings is 1. The fourth-order valence-electron chi connectivity index (χ4n) is 2.57. The first-order valence-electron chi connectivity index (χ1n) is 6.75. The second-order valence-electron chi connectivity index (χ2n) is 5.15. The predicted molar refractivity (Wildman–Crippen MR) is 83.4 cm³/mol. The van der Waals surface area contributed by atoms with E-state index >= 15 is 0 Å². The van der Waals surface area contributed by atoms with Gasteiger partial charge in [0.1, 0.15) is 5.82 Å². The molecule has 0 bridgehead atoms. The Morgan fingerprint density at radius 1 is 1.43 bits per heavy atom. The average Bonchev–Trinajstić information content (AvgIpc) is 2.91. The summed E-state index contributed by atoms with van der Waals surface area (Å²) in [5, 5.41) is 2.51. The summed E-state index contributed by atoms with van der Waals surface area (Å²) < 4.78 is 29.7. The summed E-state index contributed by atoms with van der Waals surface area (Å²) in [7, 11) is 0. The minimum Gasteiger partial charge on any atom is -0.369 e. The molecule has 2 aromatic rings. The van der Waals surface area contributed by atoms with Gasteiger partial charge in [0.2, 0.25) is 11.7 Å². The fourth-order valence-corrected chi connectivity index (χ4v) is 2.90. The van der Waals surface area contributed by atoms with E-state index in [9.17, 15) is 18.4 Å². The Hall–Kier alpha value is -2.22. The number of hydrogen-bond acceptors (Lipinski definition) is 3. The molecule has 1 atom stereocenters. The van der Waals surface area contributed by atoms with Gasteiger partial charge in [0.05, 0.1) is 17.3 Å². The van der Waals surface area contributed by atoms with E-state index in [2.05, 4.69) is 27.3 Å². The molecule has 1 radical (unpaired) electrons. The lowest BCUT2D eigenvalue weighted by Crippen LogP contribution is -2.26. The molecule has 1 aromatic heterocycles. The van der Waals surface area contributed by atoms with Crippen LogP contribution in [0.4, 0.5) is 20.2 Å². The van der Waals surface area contributed by atoms with E-state index in [1.165, 1.54) is 12.1 Å². The van der Waals surface area contributed by atoms with Crippen molar-refractivity contribution in [1.82, 2.24) is 4.57 Å². The fraction of sp³-hybridized carbons (Fsp3) is 0.200. The number of benzene rings is 1. The van der Waals surface area contributed by atoms with Gasteiger partial charge in [-0.3, -0.25) is 9.59 Å². The molecule has 119 valence electrons. The minimum absolute atomic E-state index is 0.0127. The first kappa shape index (κ1) is 15.7. The average molecular weight is 383 g/mol. The molecule has 0 aliphatic carbocycles.